The van der Waals surface area contributed by atoms with E-state index in [0.717, 1.165) is 5.57 Å². The third-order valence-corrected chi connectivity index (χ3v) is 5.28. The second-order valence-electron chi connectivity index (χ2n) is 7.50. The number of esters is 4. The zero-order valence-electron chi connectivity index (χ0n) is 18.4. The molecule has 0 unspecified atom stereocenters. The van der Waals surface area contributed by atoms with Gasteiger partial charge in [-0.2, -0.15) is 0 Å². The molecule has 0 bridgehead atoms. The van der Waals surface area contributed by atoms with E-state index in [1.165, 1.54) is 14.0 Å². The lowest BCUT2D eigenvalue weighted by Gasteiger charge is -2.33. The average molecular weight is 432 g/mol. The summed E-state index contributed by atoms with van der Waals surface area (Å²) in [4.78, 5) is 49.6. The van der Waals surface area contributed by atoms with Crippen molar-refractivity contribution < 1.29 is 38.1 Å². The zero-order chi connectivity index (χ0) is 23.3. The van der Waals surface area contributed by atoms with Gasteiger partial charge in [0, 0.05) is 18.1 Å². The molecule has 1 saturated heterocycles. The molecule has 8 nitrogen and oxygen atoms in total. The molecule has 2 rings (SSSR count). The summed E-state index contributed by atoms with van der Waals surface area (Å²) in [5.74, 6) is -3.62. The predicted molar refractivity (Wildman–Crippen MR) is 110 cm³/mol. The number of carbonyl (C=O) groups excluding carboxylic acids is 4. The summed E-state index contributed by atoms with van der Waals surface area (Å²) in [6.45, 7) is 10.1. The molecule has 1 aliphatic carbocycles. The van der Waals surface area contributed by atoms with Crippen LogP contribution in [0.15, 0.2) is 47.1 Å². The topological polar surface area (TPSA) is 105 Å². The van der Waals surface area contributed by atoms with Crippen molar-refractivity contribution in [3.8, 4) is 0 Å². The standard InChI is InChI=1S/C23H28O8/c1-7-13(3)21(25)31-20-18-14(4)22(26)30-17(18)11-12(2)9-8-10-16(23(27)28-6)19(20)29-15(5)24/h7,10-11,17-20H,4,8-9H2,1-3,5-6H3/b12-11-,13-7-,16-10+/t17-,18+,19+,20-/m0/s1. The molecule has 0 radical (unpaired) electrons. The molecule has 0 aromatic heterocycles. The van der Waals surface area contributed by atoms with Gasteiger partial charge in [-0.1, -0.05) is 24.3 Å². The molecular formula is C23H28O8. The lowest BCUT2D eigenvalue weighted by atomic mass is 9.83. The summed E-state index contributed by atoms with van der Waals surface area (Å²) in [6.07, 6.45) is 2.58. The van der Waals surface area contributed by atoms with Crippen LogP contribution in [0, 0.1) is 5.92 Å². The van der Waals surface area contributed by atoms with Gasteiger partial charge in [0.25, 0.3) is 0 Å². The van der Waals surface area contributed by atoms with Crippen LogP contribution in [-0.2, 0) is 38.1 Å². The van der Waals surface area contributed by atoms with Gasteiger partial charge in [0.05, 0.1) is 18.6 Å². The Balaban J connectivity index is 2.70. The van der Waals surface area contributed by atoms with Gasteiger partial charge in [0.15, 0.2) is 12.2 Å². The molecular weight excluding hydrogens is 404 g/mol. The Morgan fingerprint density at radius 1 is 1.23 bits per heavy atom. The lowest BCUT2D eigenvalue weighted by molar-refractivity contribution is -0.167. The molecule has 0 aromatic carbocycles. The van der Waals surface area contributed by atoms with Crippen molar-refractivity contribution in [2.45, 2.75) is 58.8 Å². The SMILES string of the molecule is C=C1C(=O)O[C@H]2/C=C(/C)CC/C=C(/C(=O)OC)[C@@H](OC(C)=O)[C@@H](OC(=O)/C(C)=C\C)[C@H]12. The van der Waals surface area contributed by atoms with Gasteiger partial charge in [-0.15, -0.1) is 0 Å². The number of hydrogen-bond donors (Lipinski definition) is 0. The fourth-order valence-corrected chi connectivity index (χ4v) is 3.53. The highest BCUT2D eigenvalue weighted by molar-refractivity contribution is 5.93. The van der Waals surface area contributed by atoms with Crippen LogP contribution < -0.4 is 0 Å². The molecule has 31 heavy (non-hydrogen) atoms. The van der Waals surface area contributed by atoms with Crippen molar-refractivity contribution in [1.82, 2.24) is 0 Å². The third-order valence-electron chi connectivity index (χ3n) is 5.28. The van der Waals surface area contributed by atoms with E-state index in [4.69, 9.17) is 18.9 Å². The number of allylic oxidation sites excluding steroid dienone is 3. The summed E-state index contributed by atoms with van der Waals surface area (Å²) in [5.41, 5.74) is 1.31. The van der Waals surface area contributed by atoms with E-state index < -0.39 is 48.1 Å². The molecule has 1 fully saturated rings. The number of rotatable bonds is 4. The quantitative estimate of drug-likeness (QED) is 0.289. The Bertz CT molecular complexity index is 876. The first-order valence-corrected chi connectivity index (χ1v) is 9.97. The van der Waals surface area contributed by atoms with Crippen molar-refractivity contribution in [1.29, 1.82) is 0 Å². The first-order valence-electron chi connectivity index (χ1n) is 9.97. The molecule has 1 aliphatic heterocycles. The van der Waals surface area contributed by atoms with E-state index in [2.05, 4.69) is 6.58 Å². The maximum Gasteiger partial charge on any atom is 0.337 e. The Kier molecular flexibility index (Phi) is 7.96. The molecule has 0 N–H and O–H groups in total. The minimum Gasteiger partial charge on any atom is -0.466 e. The second-order valence-corrected chi connectivity index (χ2v) is 7.50. The fraction of sp³-hybridized carbons (Fsp3) is 0.478. The Labute approximate surface area is 181 Å². The van der Waals surface area contributed by atoms with E-state index in [1.807, 2.05) is 6.92 Å². The van der Waals surface area contributed by atoms with Gasteiger partial charge in [0.1, 0.15) is 6.10 Å². The highest BCUT2D eigenvalue weighted by Gasteiger charge is 2.50. The first kappa shape index (κ1) is 24.1. The molecule has 0 saturated carbocycles. The molecule has 2 aliphatic rings. The van der Waals surface area contributed by atoms with Crippen LogP contribution in [0.2, 0.25) is 0 Å². The highest BCUT2D eigenvalue weighted by atomic mass is 16.6. The van der Waals surface area contributed by atoms with Crippen molar-refractivity contribution in [3.05, 3.63) is 47.1 Å². The molecule has 1 heterocycles. The van der Waals surface area contributed by atoms with Gasteiger partial charge >= 0.3 is 23.9 Å². The maximum atomic E-state index is 12.7. The first-order chi connectivity index (χ1) is 14.6. The van der Waals surface area contributed by atoms with Gasteiger partial charge in [-0.3, -0.25) is 4.79 Å². The molecule has 168 valence electrons. The minimum absolute atomic E-state index is 0.0224. The third kappa shape index (κ3) is 5.51. The lowest BCUT2D eigenvalue weighted by Crippen LogP contribution is -2.46. The van der Waals surface area contributed by atoms with E-state index in [-0.39, 0.29) is 11.1 Å². The Morgan fingerprint density at radius 3 is 2.48 bits per heavy atom. The monoisotopic (exact) mass is 432 g/mol. The largest absolute Gasteiger partial charge is 0.466 e. The zero-order valence-corrected chi connectivity index (χ0v) is 18.4. The smallest absolute Gasteiger partial charge is 0.337 e. The van der Waals surface area contributed by atoms with Crippen LogP contribution in [0.4, 0.5) is 0 Å². The van der Waals surface area contributed by atoms with Crippen LogP contribution in [0.25, 0.3) is 0 Å². The van der Waals surface area contributed by atoms with Crippen LogP contribution in [0.5, 0.6) is 0 Å². The molecule has 4 atom stereocenters. The molecule has 0 spiro atoms. The number of methoxy groups -OCH3 is 1. The maximum absolute atomic E-state index is 12.7. The molecule has 0 aromatic rings. The average Bonchev–Trinajstić information content (AvgIpc) is 2.99. The predicted octanol–water partition coefficient (Wildman–Crippen LogP) is 2.73. The highest BCUT2D eigenvalue weighted by Crippen LogP contribution is 2.38. The summed E-state index contributed by atoms with van der Waals surface area (Å²) in [7, 11) is 1.20. The molecule has 0 amide bonds. The van der Waals surface area contributed by atoms with Crippen molar-refractivity contribution >= 4 is 23.9 Å². The summed E-state index contributed by atoms with van der Waals surface area (Å²) >= 11 is 0. The van der Waals surface area contributed by atoms with E-state index >= 15 is 0 Å². The minimum atomic E-state index is -1.32. The Hall–Kier alpha value is -3.16. The van der Waals surface area contributed by atoms with Gasteiger partial charge < -0.3 is 18.9 Å². The number of hydrogen-bond acceptors (Lipinski definition) is 8. The second kappa shape index (κ2) is 10.2. The van der Waals surface area contributed by atoms with Crippen molar-refractivity contribution in [2.75, 3.05) is 7.11 Å². The summed E-state index contributed by atoms with van der Waals surface area (Å²) < 4.78 is 21.5. The summed E-state index contributed by atoms with van der Waals surface area (Å²) in [6, 6.07) is 0. The van der Waals surface area contributed by atoms with E-state index in [0.29, 0.717) is 18.4 Å². The van der Waals surface area contributed by atoms with Crippen molar-refractivity contribution in [3.63, 3.8) is 0 Å². The van der Waals surface area contributed by atoms with Gasteiger partial charge in [-0.25, -0.2) is 14.4 Å². The van der Waals surface area contributed by atoms with Crippen molar-refractivity contribution in [2.24, 2.45) is 5.92 Å². The Morgan fingerprint density at radius 2 is 1.90 bits per heavy atom. The van der Waals surface area contributed by atoms with Crippen LogP contribution in [-0.4, -0.2) is 49.3 Å². The van der Waals surface area contributed by atoms with Crippen LogP contribution >= 0.6 is 0 Å². The van der Waals surface area contributed by atoms with Crippen LogP contribution in [0.1, 0.15) is 40.5 Å². The number of carbonyl (C=O) groups is 4. The van der Waals surface area contributed by atoms with Gasteiger partial charge in [0.2, 0.25) is 0 Å². The summed E-state index contributed by atoms with van der Waals surface area (Å²) in [5, 5.41) is 0. The van der Waals surface area contributed by atoms with Crippen LogP contribution in [0.3, 0.4) is 0 Å². The molecule has 8 heteroatoms. The normalized spacial score (nSPS) is 30.0. The number of fused-ring (bicyclic) bond motifs is 1. The fourth-order valence-electron chi connectivity index (χ4n) is 3.53. The van der Waals surface area contributed by atoms with Gasteiger partial charge in [-0.05, 0) is 39.7 Å². The van der Waals surface area contributed by atoms with E-state index in [9.17, 15) is 19.2 Å². The number of ether oxygens (including phenoxy) is 4. The van der Waals surface area contributed by atoms with E-state index in [1.54, 1.807) is 32.1 Å².